The molecular formula is C20H17N3O3. The zero-order valence-electron chi connectivity index (χ0n) is 14.2. The number of hydrogen-bond acceptors (Lipinski definition) is 4. The first kappa shape index (κ1) is 17.2. The van der Waals surface area contributed by atoms with Crippen LogP contribution in [0.25, 0.3) is 11.0 Å². The summed E-state index contributed by atoms with van der Waals surface area (Å²) in [4.78, 5) is 24.1. The zero-order valence-corrected chi connectivity index (χ0v) is 14.2. The Morgan fingerprint density at radius 1 is 1.15 bits per heavy atom. The van der Waals surface area contributed by atoms with Crippen LogP contribution in [0.1, 0.15) is 34.6 Å². The van der Waals surface area contributed by atoms with E-state index >= 15 is 0 Å². The molecule has 2 aromatic carbocycles. The van der Waals surface area contributed by atoms with Crippen LogP contribution in [-0.2, 0) is 4.79 Å². The summed E-state index contributed by atoms with van der Waals surface area (Å²) in [5, 5.41) is 15.1. The highest BCUT2D eigenvalue weighted by Gasteiger charge is 2.15. The number of para-hydroxylation sites is 1. The van der Waals surface area contributed by atoms with Crippen LogP contribution in [0.2, 0.25) is 0 Å². The number of furan rings is 1. The summed E-state index contributed by atoms with van der Waals surface area (Å²) in [6.45, 7) is 1.67. The lowest BCUT2D eigenvalue weighted by Crippen LogP contribution is -2.37. The SMILES string of the molecule is C[C@H](NC(=O)CNC(=O)c1ccc(C#N)cc1)c1cc2ccccc2o1. The van der Waals surface area contributed by atoms with Gasteiger partial charge in [0, 0.05) is 10.9 Å². The fourth-order valence-corrected chi connectivity index (χ4v) is 2.54. The molecule has 0 bridgehead atoms. The maximum atomic E-state index is 12.1. The number of nitrogens with zero attached hydrogens (tertiary/aromatic N) is 1. The molecule has 26 heavy (non-hydrogen) atoms. The average Bonchev–Trinajstić information content (AvgIpc) is 3.10. The van der Waals surface area contributed by atoms with E-state index in [9.17, 15) is 9.59 Å². The van der Waals surface area contributed by atoms with Crippen molar-refractivity contribution in [3.63, 3.8) is 0 Å². The van der Waals surface area contributed by atoms with Gasteiger partial charge >= 0.3 is 0 Å². The lowest BCUT2D eigenvalue weighted by molar-refractivity contribution is -0.120. The van der Waals surface area contributed by atoms with Crippen molar-refractivity contribution in [3.05, 3.63) is 71.5 Å². The summed E-state index contributed by atoms with van der Waals surface area (Å²) in [6.07, 6.45) is 0. The van der Waals surface area contributed by atoms with Crippen molar-refractivity contribution < 1.29 is 14.0 Å². The number of benzene rings is 2. The molecule has 6 nitrogen and oxygen atoms in total. The van der Waals surface area contributed by atoms with Crippen molar-refractivity contribution in [1.82, 2.24) is 10.6 Å². The highest BCUT2D eigenvalue weighted by molar-refractivity contribution is 5.96. The summed E-state index contributed by atoms with van der Waals surface area (Å²) in [7, 11) is 0. The molecular weight excluding hydrogens is 330 g/mol. The predicted octanol–water partition coefficient (Wildman–Crippen LogP) is 2.91. The summed E-state index contributed by atoms with van der Waals surface area (Å²) < 4.78 is 5.72. The fraction of sp³-hybridized carbons (Fsp3) is 0.150. The predicted molar refractivity (Wildman–Crippen MR) is 96.3 cm³/mol. The monoisotopic (exact) mass is 347 g/mol. The molecule has 0 fully saturated rings. The van der Waals surface area contributed by atoms with E-state index in [1.54, 1.807) is 24.3 Å². The number of carbonyl (C=O) groups is 2. The molecule has 0 spiro atoms. The van der Waals surface area contributed by atoms with Gasteiger partial charge in [0.1, 0.15) is 11.3 Å². The van der Waals surface area contributed by atoms with Gasteiger partial charge in [0.15, 0.2) is 0 Å². The van der Waals surface area contributed by atoms with Gasteiger partial charge in [-0.05, 0) is 43.3 Å². The largest absolute Gasteiger partial charge is 0.459 e. The lowest BCUT2D eigenvalue weighted by Gasteiger charge is -2.12. The summed E-state index contributed by atoms with van der Waals surface area (Å²) in [5.74, 6) is -0.0426. The van der Waals surface area contributed by atoms with Gasteiger partial charge in [-0.25, -0.2) is 0 Å². The second-order valence-corrected chi connectivity index (χ2v) is 5.85. The van der Waals surface area contributed by atoms with Gasteiger partial charge in [-0.1, -0.05) is 18.2 Å². The van der Waals surface area contributed by atoms with Gasteiger partial charge in [-0.2, -0.15) is 5.26 Å². The molecule has 3 rings (SSSR count). The fourth-order valence-electron chi connectivity index (χ4n) is 2.54. The second kappa shape index (κ2) is 7.53. The normalized spacial score (nSPS) is 11.5. The Labute approximate surface area is 150 Å². The number of nitrogens with one attached hydrogen (secondary N) is 2. The third-order valence-corrected chi connectivity index (χ3v) is 3.93. The van der Waals surface area contributed by atoms with E-state index < -0.39 is 0 Å². The van der Waals surface area contributed by atoms with Crippen LogP contribution < -0.4 is 10.6 Å². The maximum absolute atomic E-state index is 12.1. The highest BCUT2D eigenvalue weighted by Crippen LogP contribution is 2.23. The molecule has 3 aromatic rings. The summed E-state index contributed by atoms with van der Waals surface area (Å²) >= 11 is 0. The van der Waals surface area contributed by atoms with Gasteiger partial charge in [-0.15, -0.1) is 0 Å². The van der Waals surface area contributed by atoms with Crippen LogP contribution >= 0.6 is 0 Å². The maximum Gasteiger partial charge on any atom is 0.251 e. The smallest absolute Gasteiger partial charge is 0.251 e. The third-order valence-electron chi connectivity index (χ3n) is 3.93. The van der Waals surface area contributed by atoms with Gasteiger partial charge in [-0.3, -0.25) is 9.59 Å². The van der Waals surface area contributed by atoms with E-state index in [1.807, 2.05) is 43.3 Å². The Kier molecular flexibility index (Phi) is 4.99. The van der Waals surface area contributed by atoms with Crippen LogP contribution in [-0.4, -0.2) is 18.4 Å². The van der Waals surface area contributed by atoms with E-state index in [1.165, 1.54) is 0 Å². The quantitative estimate of drug-likeness (QED) is 0.742. The first-order valence-electron chi connectivity index (χ1n) is 8.13. The Balaban J connectivity index is 1.54. The Morgan fingerprint density at radius 2 is 1.88 bits per heavy atom. The van der Waals surface area contributed by atoms with Crippen LogP contribution in [0.5, 0.6) is 0 Å². The molecule has 6 heteroatoms. The summed E-state index contributed by atoms with van der Waals surface area (Å²) in [5.41, 5.74) is 1.62. The van der Waals surface area contributed by atoms with E-state index in [2.05, 4.69) is 10.6 Å². The van der Waals surface area contributed by atoms with Crippen LogP contribution in [0, 0.1) is 11.3 Å². The van der Waals surface area contributed by atoms with Crippen molar-refractivity contribution >= 4 is 22.8 Å². The number of carbonyl (C=O) groups excluding carboxylic acids is 2. The van der Waals surface area contributed by atoms with Crippen molar-refractivity contribution in [2.24, 2.45) is 0 Å². The molecule has 130 valence electrons. The second-order valence-electron chi connectivity index (χ2n) is 5.85. The molecule has 2 amide bonds. The number of fused-ring (bicyclic) bond motifs is 1. The summed E-state index contributed by atoms with van der Waals surface area (Å²) in [6, 6.07) is 17.4. The molecule has 1 heterocycles. The third kappa shape index (κ3) is 3.90. The average molecular weight is 347 g/mol. The number of nitriles is 1. The molecule has 0 saturated carbocycles. The van der Waals surface area contributed by atoms with E-state index in [-0.39, 0.29) is 24.4 Å². The lowest BCUT2D eigenvalue weighted by atomic mass is 10.1. The number of amides is 2. The van der Waals surface area contributed by atoms with Crippen molar-refractivity contribution in [2.75, 3.05) is 6.54 Å². The van der Waals surface area contributed by atoms with Gasteiger partial charge in [0.2, 0.25) is 5.91 Å². The molecule has 1 aromatic heterocycles. The minimum Gasteiger partial charge on any atom is -0.459 e. The van der Waals surface area contributed by atoms with Crippen molar-refractivity contribution in [3.8, 4) is 6.07 Å². The van der Waals surface area contributed by atoms with Gasteiger partial charge in [0.05, 0.1) is 24.2 Å². The zero-order chi connectivity index (χ0) is 18.5. The highest BCUT2D eigenvalue weighted by atomic mass is 16.3. The topological polar surface area (TPSA) is 95.1 Å². The first-order valence-corrected chi connectivity index (χ1v) is 8.13. The standard InChI is InChI=1S/C20H17N3O3/c1-13(18-10-16-4-2-3-5-17(16)26-18)23-19(24)12-22-20(25)15-8-6-14(11-21)7-9-15/h2-10,13H,12H2,1H3,(H,22,25)(H,23,24)/t13-/m0/s1. The molecule has 0 saturated heterocycles. The Bertz CT molecular complexity index is 950. The van der Waals surface area contributed by atoms with Crippen molar-refractivity contribution in [2.45, 2.75) is 13.0 Å². The molecule has 0 aliphatic heterocycles. The number of hydrogen-bond donors (Lipinski definition) is 2. The molecule has 2 N–H and O–H groups in total. The number of rotatable bonds is 5. The molecule has 0 aliphatic rings. The Hall–Kier alpha value is -3.59. The Morgan fingerprint density at radius 3 is 2.58 bits per heavy atom. The minimum absolute atomic E-state index is 0.149. The first-order chi connectivity index (χ1) is 12.6. The van der Waals surface area contributed by atoms with Gasteiger partial charge < -0.3 is 15.1 Å². The van der Waals surface area contributed by atoms with Crippen LogP contribution in [0.4, 0.5) is 0 Å². The van der Waals surface area contributed by atoms with E-state index in [0.717, 1.165) is 11.0 Å². The molecule has 1 atom stereocenters. The molecule has 0 radical (unpaired) electrons. The van der Waals surface area contributed by atoms with Gasteiger partial charge in [0.25, 0.3) is 5.91 Å². The van der Waals surface area contributed by atoms with E-state index in [0.29, 0.717) is 16.9 Å². The van der Waals surface area contributed by atoms with E-state index in [4.69, 9.17) is 9.68 Å². The minimum atomic E-state index is -0.374. The van der Waals surface area contributed by atoms with Crippen molar-refractivity contribution in [1.29, 1.82) is 5.26 Å². The van der Waals surface area contributed by atoms with Crippen LogP contribution in [0.15, 0.2) is 59.0 Å². The van der Waals surface area contributed by atoms with Crippen LogP contribution in [0.3, 0.4) is 0 Å². The molecule has 0 aliphatic carbocycles. The molecule has 0 unspecified atom stereocenters.